The second kappa shape index (κ2) is 5.95. The Hall–Kier alpha value is -1.71. The van der Waals surface area contributed by atoms with E-state index in [0.717, 1.165) is 29.8 Å². The Labute approximate surface area is 114 Å². The number of hydrogen-bond donors (Lipinski definition) is 2. The number of aliphatic imine (C=N–C) groups is 1. The molecule has 2 rings (SSSR count). The standard InChI is InChI=1S/C15H23N3O/c1-11-8-13(9-12(2)14(11)19)10-17-15(16)18-6-4-3-5-7-18/h8-9,19H,3-7,10H2,1-2H3,(H2,16,17). The molecule has 0 spiro atoms. The first-order valence-corrected chi connectivity index (χ1v) is 6.92. The minimum atomic E-state index is 0.372. The van der Waals surface area contributed by atoms with Crippen molar-refractivity contribution in [2.24, 2.45) is 10.7 Å². The van der Waals surface area contributed by atoms with Gasteiger partial charge in [0.15, 0.2) is 5.96 Å². The van der Waals surface area contributed by atoms with Crippen LogP contribution in [0.4, 0.5) is 0 Å². The van der Waals surface area contributed by atoms with Gasteiger partial charge in [-0.2, -0.15) is 0 Å². The number of guanidine groups is 1. The van der Waals surface area contributed by atoms with Gasteiger partial charge >= 0.3 is 0 Å². The van der Waals surface area contributed by atoms with Gasteiger partial charge in [0.1, 0.15) is 5.75 Å². The molecule has 0 aliphatic carbocycles. The van der Waals surface area contributed by atoms with E-state index >= 15 is 0 Å². The number of piperidine rings is 1. The summed E-state index contributed by atoms with van der Waals surface area (Å²) in [5, 5.41) is 9.74. The second-order valence-electron chi connectivity index (χ2n) is 5.30. The van der Waals surface area contributed by atoms with Gasteiger partial charge in [-0.1, -0.05) is 12.1 Å². The Morgan fingerprint density at radius 3 is 2.37 bits per heavy atom. The van der Waals surface area contributed by atoms with Crippen molar-refractivity contribution in [1.29, 1.82) is 0 Å². The number of hydrogen-bond acceptors (Lipinski definition) is 2. The van der Waals surface area contributed by atoms with Gasteiger partial charge < -0.3 is 15.7 Å². The SMILES string of the molecule is Cc1cc(CN=C(N)N2CCCCC2)cc(C)c1O. The van der Waals surface area contributed by atoms with Crippen molar-refractivity contribution >= 4 is 5.96 Å². The average molecular weight is 261 g/mol. The van der Waals surface area contributed by atoms with E-state index in [0.29, 0.717) is 18.3 Å². The summed E-state index contributed by atoms with van der Waals surface area (Å²) < 4.78 is 0. The van der Waals surface area contributed by atoms with E-state index in [-0.39, 0.29) is 0 Å². The molecule has 1 aromatic rings. The minimum Gasteiger partial charge on any atom is -0.507 e. The van der Waals surface area contributed by atoms with Crippen molar-refractivity contribution in [3.8, 4) is 5.75 Å². The van der Waals surface area contributed by atoms with E-state index in [9.17, 15) is 5.11 Å². The molecule has 0 saturated carbocycles. The molecule has 1 aliphatic rings. The van der Waals surface area contributed by atoms with Crippen molar-refractivity contribution < 1.29 is 5.11 Å². The maximum absolute atomic E-state index is 9.74. The number of phenols is 1. The lowest BCUT2D eigenvalue weighted by Crippen LogP contribution is -2.40. The average Bonchev–Trinajstić information content (AvgIpc) is 2.43. The molecule has 4 heteroatoms. The summed E-state index contributed by atoms with van der Waals surface area (Å²) in [7, 11) is 0. The number of benzene rings is 1. The predicted octanol–water partition coefficient (Wildman–Crippen LogP) is 2.31. The van der Waals surface area contributed by atoms with Gasteiger partial charge in [-0.3, -0.25) is 0 Å². The highest BCUT2D eigenvalue weighted by atomic mass is 16.3. The molecule has 1 heterocycles. The third-order valence-corrected chi connectivity index (χ3v) is 3.65. The monoisotopic (exact) mass is 261 g/mol. The third kappa shape index (κ3) is 3.40. The maximum Gasteiger partial charge on any atom is 0.191 e. The molecule has 1 fully saturated rings. The predicted molar refractivity (Wildman–Crippen MR) is 78.3 cm³/mol. The zero-order chi connectivity index (χ0) is 13.8. The van der Waals surface area contributed by atoms with E-state index in [2.05, 4.69) is 9.89 Å². The van der Waals surface area contributed by atoms with Gasteiger partial charge in [-0.05, 0) is 49.8 Å². The summed E-state index contributed by atoms with van der Waals surface area (Å²) in [6, 6.07) is 3.94. The number of phenolic OH excluding ortho intramolecular Hbond substituents is 1. The van der Waals surface area contributed by atoms with E-state index in [4.69, 9.17) is 5.73 Å². The lowest BCUT2D eigenvalue weighted by atomic mass is 10.1. The Balaban J connectivity index is 2.04. The second-order valence-corrected chi connectivity index (χ2v) is 5.30. The lowest BCUT2D eigenvalue weighted by molar-refractivity contribution is 0.338. The summed E-state index contributed by atoms with van der Waals surface area (Å²) in [6.45, 7) is 6.42. The maximum atomic E-state index is 9.74. The van der Waals surface area contributed by atoms with E-state index in [1.54, 1.807) is 0 Å². The Bertz CT molecular complexity index is 453. The first-order valence-electron chi connectivity index (χ1n) is 6.92. The van der Waals surface area contributed by atoms with Gasteiger partial charge in [0, 0.05) is 13.1 Å². The molecule has 19 heavy (non-hydrogen) atoms. The van der Waals surface area contributed by atoms with Gasteiger partial charge in [0.2, 0.25) is 0 Å². The van der Waals surface area contributed by atoms with Crippen LogP contribution in [0.2, 0.25) is 0 Å². The summed E-state index contributed by atoms with van der Waals surface area (Å²) >= 11 is 0. The fraction of sp³-hybridized carbons (Fsp3) is 0.533. The molecule has 0 radical (unpaired) electrons. The number of aromatic hydroxyl groups is 1. The normalized spacial score (nSPS) is 16.7. The number of likely N-dealkylation sites (tertiary alicyclic amines) is 1. The van der Waals surface area contributed by atoms with Crippen molar-refractivity contribution in [3.05, 3.63) is 28.8 Å². The van der Waals surface area contributed by atoms with Gasteiger partial charge in [0.05, 0.1) is 6.54 Å². The van der Waals surface area contributed by atoms with E-state index < -0.39 is 0 Å². The molecule has 1 aromatic carbocycles. The summed E-state index contributed by atoms with van der Waals surface area (Å²) in [5.74, 6) is 1.01. The van der Waals surface area contributed by atoms with Crippen molar-refractivity contribution in [3.63, 3.8) is 0 Å². The quantitative estimate of drug-likeness (QED) is 0.634. The van der Waals surface area contributed by atoms with Crippen LogP contribution < -0.4 is 5.73 Å². The van der Waals surface area contributed by atoms with Crippen LogP contribution in [0.5, 0.6) is 5.75 Å². The summed E-state index contributed by atoms with van der Waals surface area (Å²) in [4.78, 5) is 6.63. The zero-order valence-corrected chi connectivity index (χ0v) is 11.8. The van der Waals surface area contributed by atoms with Crippen LogP contribution in [0.1, 0.15) is 36.0 Å². The largest absolute Gasteiger partial charge is 0.507 e. The topological polar surface area (TPSA) is 61.8 Å². The molecule has 1 saturated heterocycles. The molecular formula is C15H23N3O. The number of rotatable bonds is 2. The van der Waals surface area contributed by atoms with Gasteiger partial charge in [-0.15, -0.1) is 0 Å². The van der Waals surface area contributed by atoms with Gasteiger partial charge in [0.25, 0.3) is 0 Å². The first-order chi connectivity index (χ1) is 9.08. The highest BCUT2D eigenvalue weighted by molar-refractivity contribution is 5.78. The first kappa shape index (κ1) is 13.7. The van der Waals surface area contributed by atoms with Crippen LogP contribution in [-0.4, -0.2) is 29.1 Å². The molecule has 104 valence electrons. The molecule has 0 bridgehead atoms. The molecule has 3 N–H and O–H groups in total. The van der Waals surface area contributed by atoms with Crippen LogP contribution >= 0.6 is 0 Å². The van der Waals surface area contributed by atoms with Crippen molar-refractivity contribution in [2.75, 3.05) is 13.1 Å². The van der Waals surface area contributed by atoms with Crippen molar-refractivity contribution in [2.45, 2.75) is 39.7 Å². The van der Waals surface area contributed by atoms with E-state index in [1.165, 1.54) is 19.3 Å². The highest BCUT2D eigenvalue weighted by Gasteiger charge is 2.11. The molecule has 0 aromatic heterocycles. The molecule has 0 unspecified atom stereocenters. The smallest absolute Gasteiger partial charge is 0.191 e. The Morgan fingerprint density at radius 2 is 1.79 bits per heavy atom. The number of nitrogens with zero attached hydrogens (tertiary/aromatic N) is 2. The lowest BCUT2D eigenvalue weighted by Gasteiger charge is -2.27. The van der Waals surface area contributed by atoms with Crippen LogP contribution in [0, 0.1) is 13.8 Å². The van der Waals surface area contributed by atoms with Crippen molar-refractivity contribution in [1.82, 2.24) is 4.90 Å². The highest BCUT2D eigenvalue weighted by Crippen LogP contribution is 2.23. The number of nitrogens with two attached hydrogens (primary N) is 1. The summed E-state index contributed by atoms with van der Waals surface area (Å²) in [5.41, 5.74) is 8.90. The Morgan fingerprint density at radius 1 is 1.21 bits per heavy atom. The van der Waals surface area contributed by atoms with Crippen LogP contribution in [0.15, 0.2) is 17.1 Å². The zero-order valence-electron chi connectivity index (χ0n) is 11.8. The molecule has 4 nitrogen and oxygen atoms in total. The minimum absolute atomic E-state index is 0.372. The van der Waals surface area contributed by atoms with Gasteiger partial charge in [-0.25, -0.2) is 4.99 Å². The molecular weight excluding hydrogens is 238 g/mol. The third-order valence-electron chi connectivity index (χ3n) is 3.65. The number of aryl methyl sites for hydroxylation is 2. The van der Waals surface area contributed by atoms with Crippen LogP contribution in [0.25, 0.3) is 0 Å². The summed E-state index contributed by atoms with van der Waals surface area (Å²) in [6.07, 6.45) is 3.70. The Kier molecular flexibility index (Phi) is 4.30. The van der Waals surface area contributed by atoms with E-state index in [1.807, 2.05) is 26.0 Å². The fourth-order valence-corrected chi connectivity index (χ4v) is 2.53. The fourth-order valence-electron chi connectivity index (χ4n) is 2.53. The molecule has 0 amide bonds. The van der Waals surface area contributed by atoms with Crippen LogP contribution in [-0.2, 0) is 6.54 Å². The molecule has 0 atom stereocenters. The molecule has 1 aliphatic heterocycles. The van der Waals surface area contributed by atoms with Crippen LogP contribution in [0.3, 0.4) is 0 Å².